The average molecular weight is 191 g/mol. The summed E-state index contributed by atoms with van der Waals surface area (Å²) in [7, 11) is -8.91. The Morgan fingerprint density at radius 2 is 1.80 bits per heavy atom. The third kappa shape index (κ3) is 8.02. The molecule has 0 aliphatic rings. The van der Waals surface area contributed by atoms with Crippen molar-refractivity contribution < 1.29 is 27.3 Å². The highest BCUT2D eigenvalue weighted by molar-refractivity contribution is 7.84. The summed E-state index contributed by atoms with van der Waals surface area (Å²) in [5.41, 5.74) is 0. The minimum atomic E-state index is -4.50. The van der Waals surface area contributed by atoms with E-state index >= 15 is 0 Å². The van der Waals surface area contributed by atoms with E-state index in [1.165, 1.54) is 4.72 Å². The molecule has 0 saturated heterocycles. The molecule has 0 bridgehead atoms. The predicted octanol–water partition coefficient (Wildman–Crippen LogP) is -1.49. The standard InChI is InChI=1S/CH6NO6PS/c3-9(4,5)1-2-10(6,7)8/h2H,1H2,(H2,3,4,5)(H,6,7,8). The van der Waals surface area contributed by atoms with Crippen molar-refractivity contribution in [3.05, 3.63) is 0 Å². The second-order valence-corrected chi connectivity index (χ2v) is 4.33. The third-order valence-electron chi connectivity index (χ3n) is 0.453. The van der Waals surface area contributed by atoms with Crippen LogP contribution >= 0.6 is 7.60 Å². The van der Waals surface area contributed by atoms with Crippen molar-refractivity contribution >= 4 is 17.9 Å². The van der Waals surface area contributed by atoms with Crippen LogP contribution in [0.5, 0.6) is 0 Å². The maximum absolute atomic E-state index is 9.93. The highest BCUT2D eigenvalue weighted by atomic mass is 32.2. The Labute approximate surface area is 57.1 Å². The molecule has 0 rings (SSSR count). The van der Waals surface area contributed by atoms with E-state index in [1.54, 1.807) is 0 Å². The highest BCUT2D eigenvalue weighted by Crippen LogP contribution is 2.32. The van der Waals surface area contributed by atoms with Crippen molar-refractivity contribution in [3.8, 4) is 0 Å². The number of rotatable bonds is 3. The van der Waals surface area contributed by atoms with Gasteiger partial charge in [-0.25, -0.2) is 0 Å². The van der Waals surface area contributed by atoms with Gasteiger partial charge in [-0.15, -0.1) is 0 Å². The molecule has 0 unspecified atom stereocenters. The molecule has 0 aliphatic carbocycles. The van der Waals surface area contributed by atoms with Crippen LogP contribution in [0.15, 0.2) is 0 Å². The predicted molar refractivity (Wildman–Crippen MR) is 31.6 cm³/mol. The van der Waals surface area contributed by atoms with Gasteiger partial charge in [-0.3, -0.25) is 9.12 Å². The van der Waals surface area contributed by atoms with E-state index in [0.29, 0.717) is 0 Å². The summed E-state index contributed by atoms with van der Waals surface area (Å²) in [6.45, 7) is 0. The highest BCUT2D eigenvalue weighted by Gasteiger charge is 2.15. The molecule has 0 atom stereocenters. The fraction of sp³-hybridized carbons (Fsp3) is 1.00. The summed E-state index contributed by atoms with van der Waals surface area (Å²) in [4.78, 5) is 16.1. The zero-order chi connectivity index (χ0) is 8.41. The van der Waals surface area contributed by atoms with Crippen molar-refractivity contribution in [1.29, 1.82) is 0 Å². The lowest BCUT2D eigenvalue weighted by atomic mass is 11.5. The first-order valence-electron chi connectivity index (χ1n) is 1.97. The van der Waals surface area contributed by atoms with Gasteiger partial charge in [0.1, 0.15) is 6.29 Å². The largest absolute Gasteiger partial charge is 0.340 e. The molecule has 4 N–H and O–H groups in total. The van der Waals surface area contributed by atoms with E-state index in [-0.39, 0.29) is 0 Å². The number of hydrogen-bond acceptors (Lipinski definition) is 3. The quantitative estimate of drug-likeness (QED) is 0.318. The van der Waals surface area contributed by atoms with Crippen molar-refractivity contribution in [2.24, 2.45) is 0 Å². The van der Waals surface area contributed by atoms with Gasteiger partial charge in [0.25, 0.3) is 0 Å². The topological polar surface area (TPSA) is 124 Å². The van der Waals surface area contributed by atoms with E-state index < -0.39 is 24.2 Å². The molecule has 7 nitrogen and oxygen atoms in total. The number of hydrogen-bond donors (Lipinski definition) is 4. The molecule has 0 radical (unpaired) electrons. The molecule has 0 aliphatic heterocycles. The molecular weight excluding hydrogens is 185 g/mol. The maximum Gasteiger partial charge on any atom is 0.340 e. The van der Waals surface area contributed by atoms with Gasteiger partial charge in [-0.2, -0.15) is 13.1 Å². The van der Waals surface area contributed by atoms with Crippen LogP contribution < -0.4 is 4.72 Å². The summed E-state index contributed by atoms with van der Waals surface area (Å²) in [5, 5.41) is 0. The number of nitrogens with one attached hydrogen (secondary N) is 1. The molecular formula is CH6NO6PS. The van der Waals surface area contributed by atoms with E-state index in [1.807, 2.05) is 0 Å². The van der Waals surface area contributed by atoms with Gasteiger partial charge in [0.2, 0.25) is 0 Å². The first-order chi connectivity index (χ1) is 4.21. The molecule has 0 aromatic carbocycles. The smallest absolute Gasteiger partial charge is 0.324 e. The Bertz CT molecular complexity index is 236. The van der Waals surface area contributed by atoms with Crippen LogP contribution in [0.1, 0.15) is 0 Å². The van der Waals surface area contributed by atoms with Crippen molar-refractivity contribution in [3.63, 3.8) is 0 Å². The monoisotopic (exact) mass is 191 g/mol. The summed E-state index contributed by atoms with van der Waals surface area (Å²) < 4.78 is 38.6. The third-order valence-corrected chi connectivity index (χ3v) is 1.75. The van der Waals surface area contributed by atoms with Crippen LogP contribution in [0, 0.1) is 0 Å². The second kappa shape index (κ2) is 2.95. The molecule has 9 heteroatoms. The Balaban J connectivity index is 3.92. The van der Waals surface area contributed by atoms with Gasteiger partial charge in [-0.05, 0) is 0 Å². The first kappa shape index (κ1) is 10.0. The van der Waals surface area contributed by atoms with Gasteiger partial charge in [0.05, 0.1) is 0 Å². The first-order valence-corrected chi connectivity index (χ1v) is 5.21. The molecule has 0 saturated carbocycles. The molecule has 0 fully saturated rings. The van der Waals surface area contributed by atoms with Crippen LogP contribution in [-0.2, 0) is 14.9 Å². The lowest BCUT2D eigenvalue weighted by molar-refractivity contribution is 0.369. The zero-order valence-corrected chi connectivity index (χ0v) is 6.34. The lowest BCUT2D eigenvalue weighted by Crippen LogP contribution is -2.23. The molecule has 10 heavy (non-hydrogen) atoms. The fourth-order valence-corrected chi connectivity index (χ4v) is 1.49. The van der Waals surface area contributed by atoms with Crippen molar-refractivity contribution in [1.82, 2.24) is 4.72 Å². The zero-order valence-electron chi connectivity index (χ0n) is 4.63. The van der Waals surface area contributed by atoms with Gasteiger partial charge in [0, 0.05) is 0 Å². The molecule has 0 aromatic heterocycles. The van der Waals surface area contributed by atoms with E-state index in [9.17, 15) is 13.0 Å². The van der Waals surface area contributed by atoms with Gasteiger partial charge < -0.3 is 9.79 Å². The van der Waals surface area contributed by atoms with E-state index in [4.69, 9.17) is 14.3 Å². The fourth-order valence-electron chi connectivity index (χ4n) is 0.166. The van der Waals surface area contributed by atoms with E-state index in [2.05, 4.69) is 0 Å². The normalized spacial score (nSPS) is 13.5. The lowest BCUT2D eigenvalue weighted by Gasteiger charge is -2.01. The SMILES string of the molecule is O=P(O)(O)CNS(=O)(=O)O. The van der Waals surface area contributed by atoms with Crippen LogP contribution in [-0.4, -0.2) is 29.0 Å². The van der Waals surface area contributed by atoms with Crippen LogP contribution in [0.2, 0.25) is 0 Å². The second-order valence-electron chi connectivity index (χ2n) is 1.44. The van der Waals surface area contributed by atoms with Gasteiger partial charge in [-0.1, -0.05) is 0 Å². The summed E-state index contributed by atoms with van der Waals surface area (Å²) in [6, 6.07) is 0. The molecule has 62 valence electrons. The van der Waals surface area contributed by atoms with Crippen LogP contribution in [0.3, 0.4) is 0 Å². The summed E-state index contributed by atoms with van der Waals surface area (Å²) >= 11 is 0. The molecule has 0 amide bonds. The van der Waals surface area contributed by atoms with Crippen LogP contribution in [0.4, 0.5) is 0 Å². The molecule has 0 heterocycles. The van der Waals surface area contributed by atoms with E-state index in [0.717, 1.165) is 0 Å². The Hall–Kier alpha value is 0.0200. The van der Waals surface area contributed by atoms with Gasteiger partial charge >= 0.3 is 17.9 Å². The maximum atomic E-state index is 9.93. The molecule has 0 aromatic rings. The Morgan fingerprint density at radius 1 is 1.40 bits per heavy atom. The summed E-state index contributed by atoms with van der Waals surface area (Å²) in [6.07, 6.45) is -1.09. The Morgan fingerprint density at radius 3 is 1.90 bits per heavy atom. The average Bonchev–Trinajstić information content (AvgIpc) is 1.57. The Kier molecular flexibility index (Phi) is 2.96. The van der Waals surface area contributed by atoms with Crippen LogP contribution in [0.25, 0.3) is 0 Å². The summed E-state index contributed by atoms with van der Waals surface area (Å²) in [5.74, 6) is 0. The molecule has 0 spiro atoms. The van der Waals surface area contributed by atoms with Crippen molar-refractivity contribution in [2.75, 3.05) is 6.29 Å². The minimum Gasteiger partial charge on any atom is -0.324 e. The minimum absolute atomic E-state index is 1.09. The van der Waals surface area contributed by atoms with Gasteiger partial charge in [0.15, 0.2) is 0 Å². The van der Waals surface area contributed by atoms with Crippen molar-refractivity contribution in [2.45, 2.75) is 0 Å².